The lowest BCUT2D eigenvalue weighted by atomic mass is 10.2. The summed E-state index contributed by atoms with van der Waals surface area (Å²) >= 11 is 0. The second-order valence-corrected chi connectivity index (χ2v) is 2.99. The Morgan fingerprint density at radius 1 is 1.36 bits per heavy atom. The van der Waals surface area contributed by atoms with Crippen LogP contribution in [0.25, 0.3) is 0 Å². The van der Waals surface area contributed by atoms with Crippen molar-refractivity contribution in [2.24, 2.45) is 0 Å². The van der Waals surface area contributed by atoms with Crippen molar-refractivity contribution >= 4 is 17.3 Å². The van der Waals surface area contributed by atoms with E-state index in [1.54, 1.807) is 6.07 Å². The van der Waals surface area contributed by atoms with Crippen LogP contribution in [0.2, 0.25) is 0 Å². The second kappa shape index (κ2) is 3.41. The molecule has 1 heterocycles. The number of anilines is 2. The van der Waals surface area contributed by atoms with Crippen molar-refractivity contribution in [3.05, 3.63) is 36.0 Å². The van der Waals surface area contributed by atoms with Gasteiger partial charge in [0, 0.05) is 6.08 Å². The Kier molecular flexibility index (Phi) is 2.10. The molecule has 4 heteroatoms. The molecule has 3 N–H and O–H groups in total. The van der Waals surface area contributed by atoms with Crippen LogP contribution in [-0.2, 0) is 9.53 Å². The fourth-order valence-corrected chi connectivity index (χ4v) is 1.23. The van der Waals surface area contributed by atoms with Gasteiger partial charge >= 0.3 is 5.97 Å². The van der Waals surface area contributed by atoms with E-state index < -0.39 is 0 Å². The quantitative estimate of drug-likeness (QED) is 0.542. The molecular weight excluding hydrogens is 180 g/mol. The number of ether oxygens (including phenoxy) is 1. The minimum atomic E-state index is -0.318. The first-order valence-electron chi connectivity index (χ1n) is 4.24. The van der Waals surface area contributed by atoms with Crippen molar-refractivity contribution in [1.82, 2.24) is 0 Å². The number of carbonyl (C=O) groups excluding carboxylic acids is 1. The Morgan fingerprint density at radius 3 is 2.79 bits per heavy atom. The number of benzene rings is 1. The van der Waals surface area contributed by atoms with Crippen LogP contribution in [0.4, 0.5) is 11.4 Å². The number of carbonyl (C=O) groups is 1. The van der Waals surface area contributed by atoms with Crippen LogP contribution < -0.4 is 11.1 Å². The number of cyclic esters (lactones) is 1. The summed E-state index contributed by atoms with van der Waals surface area (Å²) < 4.78 is 4.74. The van der Waals surface area contributed by atoms with Crippen LogP contribution in [0.5, 0.6) is 0 Å². The summed E-state index contributed by atoms with van der Waals surface area (Å²) in [6.45, 7) is 0.285. The molecule has 0 bridgehead atoms. The third-order valence-corrected chi connectivity index (χ3v) is 1.92. The Labute approximate surface area is 81.4 Å². The van der Waals surface area contributed by atoms with Crippen LogP contribution in [0, 0.1) is 0 Å². The lowest BCUT2D eigenvalue weighted by Gasteiger charge is -2.07. The fourth-order valence-electron chi connectivity index (χ4n) is 1.23. The van der Waals surface area contributed by atoms with Crippen LogP contribution in [-0.4, -0.2) is 12.6 Å². The molecule has 1 aliphatic rings. The van der Waals surface area contributed by atoms with E-state index >= 15 is 0 Å². The highest BCUT2D eigenvalue weighted by molar-refractivity contribution is 5.86. The van der Waals surface area contributed by atoms with Crippen molar-refractivity contribution in [3.8, 4) is 0 Å². The lowest BCUT2D eigenvalue weighted by molar-refractivity contribution is -0.134. The molecule has 0 aliphatic carbocycles. The van der Waals surface area contributed by atoms with E-state index in [2.05, 4.69) is 5.32 Å². The zero-order valence-corrected chi connectivity index (χ0v) is 7.49. The molecule has 0 atom stereocenters. The van der Waals surface area contributed by atoms with Gasteiger partial charge in [0.15, 0.2) is 0 Å². The summed E-state index contributed by atoms with van der Waals surface area (Å²) in [5, 5.41) is 3.03. The van der Waals surface area contributed by atoms with E-state index in [-0.39, 0.29) is 12.6 Å². The summed E-state index contributed by atoms with van der Waals surface area (Å²) in [6.07, 6.45) is 1.42. The number of nitrogens with two attached hydrogens (primary N) is 1. The van der Waals surface area contributed by atoms with Crippen molar-refractivity contribution in [2.75, 3.05) is 17.7 Å². The van der Waals surface area contributed by atoms with Gasteiger partial charge in [-0.1, -0.05) is 12.1 Å². The smallest absolute Gasteiger partial charge is 0.333 e. The second-order valence-electron chi connectivity index (χ2n) is 2.99. The van der Waals surface area contributed by atoms with E-state index in [1.165, 1.54) is 6.08 Å². The molecule has 0 fully saturated rings. The van der Waals surface area contributed by atoms with Crippen LogP contribution in [0.3, 0.4) is 0 Å². The average molecular weight is 190 g/mol. The predicted molar refractivity (Wildman–Crippen MR) is 53.5 cm³/mol. The van der Waals surface area contributed by atoms with E-state index in [0.29, 0.717) is 5.69 Å². The first kappa shape index (κ1) is 8.62. The van der Waals surface area contributed by atoms with Crippen molar-refractivity contribution in [1.29, 1.82) is 0 Å². The maximum absolute atomic E-state index is 10.8. The molecule has 0 spiro atoms. The van der Waals surface area contributed by atoms with Gasteiger partial charge in [-0.25, -0.2) is 4.79 Å². The van der Waals surface area contributed by atoms with Gasteiger partial charge in [-0.05, 0) is 12.1 Å². The van der Waals surface area contributed by atoms with Crippen LogP contribution in [0.1, 0.15) is 0 Å². The van der Waals surface area contributed by atoms with Crippen molar-refractivity contribution < 1.29 is 9.53 Å². The van der Waals surface area contributed by atoms with Gasteiger partial charge < -0.3 is 15.8 Å². The molecule has 0 radical (unpaired) electrons. The minimum absolute atomic E-state index is 0.285. The monoisotopic (exact) mass is 190 g/mol. The highest BCUT2D eigenvalue weighted by atomic mass is 16.5. The molecule has 1 aromatic carbocycles. The van der Waals surface area contributed by atoms with Gasteiger partial charge in [-0.15, -0.1) is 0 Å². The Bertz CT molecular complexity index is 399. The lowest BCUT2D eigenvalue weighted by Crippen LogP contribution is -2.03. The molecule has 0 amide bonds. The Hall–Kier alpha value is -1.97. The van der Waals surface area contributed by atoms with Crippen molar-refractivity contribution in [3.63, 3.8) is 0 Å². The zero-order valence-electron chi connectivity index (χ0n) is 7.49. The third kappa shape index (κ3) is 1.69. The van der Waals surface area contributed by atoms with Gasteiger partial charge in [-0.2, -0.15) is 0 Å². The van der Waals surface area contributed by atoms with Crippen LogP contribution >= 0.6 is 0 Å². The number of nitrogen functional groups attached to an aromatic ring is 1. The highest BCUT2D eigenvalue weighted by Crippen LogP contribution is 2.20. The Balaban J connectivity index is 2.15. The molecule has 72 valence electrons. The topological polar surface area (TPSA) is 64.3 Å². The first-order valence-corrected chi connectivity index (χ1v) is 4.24. The number of hydrogen-bond donors (Lipinski definition) is 2. The summed E-state index contributed by atoms with van der Waals surface area (Å²) in [6, 6.07) is 7.36. The van der Waals surface area contributed by atoms with E-state index in [1.807, 2.05) is 18.2 Å². The molecule has 2 rings (SSSR count). The van der Waals surface area contributed by atoms with Crippen molar-refractivity contribution in [2.45, 2.75) is 0 Å². The van der Waals surface area contributed by atoms with Crippen LogP contribution in [0.15, 0.2) is 36.0 Å². The number of rotatable bonds is 2. The predicted octanol–water partition coefficient (Wildman–Crippen LogP) is 1.12. The van der Waals surface area contributed by atoms with Gasteiger partial charge in [-0.3, -0.25) is 0 Å². The van der Waals surface area contributed by atoms with Gasteiger partial charge in [0.2, 0.25) is 0 Å². The summed E-state index contributed by atoms with van der Waals surface area (Å²) in [4.78, 5) is 10.8. The molecule has 1 aliphatic heterocycles. The molecule has 0 aromatic heterocycles. The van der Waals surface area contributed by atoms with Gasteiger partial charge in [0.1, 0.15) is 6.61 Å². The number of esters is 1. The molecule has 0 saturated heterocycles. The largest absolute Gasteiger partial charge is 0.456 e. The summed E-state index contributed by atoms with van der Waals surface area (Å²) in [5.74, 6) is -0.318. The average Bonchev–Trinajstić information content (AvgIpc) is 2.56. The maximum atomic E-state index is 10.8. The summed E-state index contributed by atoms with van der Waals surface area (Å²) in [5.41, 5.74) is 7.88. The minimum Gasteiger partial charge on any atom is -0.456 e. The van der Waals surface area contributed by atoms with E-state index in [0.717, 1.165) is 11.4 Å². The molecule has 14 heavy (non-hydrogen) atoms. The zero-order chi connectivity index (χ0) is 9.97. The first-order chi connectivity index (χ1) is 6.75. The molecular formula is C10H10N2O2. The maximum Gasteiger partial charge on any atom is 0.333 e. The Morgan fingerprint density at radius 2 is 2.14 bits per heavy atom. The van der Waals surface area contributed by atoms with E-state index in [4.69, 9.17) is 10.5 Å². The fraction of sp³-hybridized carbons (Fsp3) is 0.100. The molecule has 4 nitrogen and oxygen atoms in total. The van der Waals surface area contributed by atoms with Gasteiger partial charge in [0.25, 0.3) is 0 Å². The standard InChI is InChI=1S/C10H10N2O2/c11-8-3-1-2-4-9(8)12-7-5-10(13)14-6-7/h1-5,12H,6,11H2. The number of nitrogens with one attached hydrogen (secondary N) is 1. The van der Waals surface area contributed by atoms with E-state index in [9.17, 15) is 4.79 Å². The summed E-state index contributed by atoms with van der Waals surface area (Å²) in [7, 11) is 0. The molecule has 0 unspecified atom stereocenters. The molecule has 0 saturated carbocycles. The normalized spacial score (nSPS) is 14.9. The third-order valence-electron chi connectivity index (χ3n) is 1.92. The van der Waals surface area contributed by atoms with Gasteiger partial charge in [0.05, 0.1) is 17.1 Å². The number of para-hydroxylation sites is 2. The molecule has 1 aromatic rings. The SMILES string of the molecule is Nc1ccccc1NC1=CC(=O)OC1. The number of hydrogen-bond acceptors (Lipinski definition) is 4. The highest BCUT2D eigenvalue weighted by Gasteiger charge is 2.13.